The van der Waals surface area contributed by atoms with Gasteiger partial charge in [-0.25, -0.2) is 4.79 Å². The molecule has 0 aromatic heterocycles. The van der Waals surface area contributed by atoms with Crippen LogP contribution in [-0.4, -0.2) is 11.9 Å². The molecule has 1 heterocycles. The first-order valence-electron chi connectivity index (χ1n) is 5.78. The largest absolute Gasteiger partial charge is 0.545 e. The molecule has 4 nitrogen and oxygen atoms in total. The van der Waals surface area contributed by atoms with Crippen LogP contribution in [0.5, 0.6) is 0 Å². The highest BCUT2D eigenvalue weighted by Crippen LogP contribution is 2.36. The van der Waals surface area contributed by atoms with Gasteiger partial charge < -0.3 is 14.6 Å². The molecular weight excluding hydrogens is 244 g/mol. The maximum atomic E-state index is 11.7. The zero-order valence-corrected chi connectivity index (χ0v) is 9.83. The smallest absolute Gasteiger partial charge is 0.339 e. The zero-order chi connectivity index (χ0) is 13.4. The number of aromatic carboxylic acids is 1. The second kappa shape index (κ2) is 4.24. The van der Waals surface area contributed by atoms with Gasteiger partial charge >= 0.3 is 5.97 Å². The Kier molecular flexibility index (Phi) is 2.56. The van der Waals surface area contributed by atoms with Crippen LogP contribution in [-0.2, 0) is 4.74 Å². The number of fused-ring (bicyclic) bond motifs is 1. The van der Waals surface area contributed by atoms with Gasteiger partial charge in [-0.3, -0.25) is 0 Å². The van der Waals surface area contributed by atoms with E-state index in [1.54, 1.807) is 0 Å². The molecule has 4 heteroatoms. The van der Waals surface area contributed by atoms with Crippen LogP contribution in [0.25, 0.3) is 0 Å². The average Bonchev–Trinajstić information content (AvgIpc) is 2.77. The number of ether oxygens (including phenoxy) is 1. The molecule has 0 unspecified atom stereocenters. The Bertz CT molecular complexity index is 661. The first-order chi connectivity index (χ1) is 9.16. The van der Waals surface area contributed by atoms with Gasteiger partial charge in [0.25, 0.3) is 0 Å². The van der Waals surface area contributed by atoms with Gasteiger partial charge in [0.2, 0.25) is 0 Å². The summed E-state index contributed by atoms with van der Waals surface area (Å²) >= 11 is 0. The van der Waals surface area contributed by atoms with Crippen molar-refractivity contribution in [1.82, 2.24) is 0 Å². The highest BCUT2D eigenvalue weighted by Gasteiger charge is 2.32. The minimum Gasteiger partial charge on any atom is -0.545 e. The number of benzene rings is 2. The maximum Gasteiger partial charge on any atom is 0.339 e. The van der Waals surface area contributed by atoms with Crippen molar-refractivity contribution in [3.63, 3.8) is 0 Å². The number of cyclic esters (lactones) is 1. The Hall–Kier alpha value is -2.62. The molecule has 1 aliphatic rings. The second-order valence-electron chi connectivity index (χ2n) is 4.29. The van der Waals surface area contributed by atoms with Gasteiger partial charge in [0.05, 0.1) is 11.5 Å². The molecule has 0 fully saturated rings. The SMILES string of the molecule is O=C([O-])c1ccc2c(c1)[C@H](c1ccccc1)OC2=O. The highest BCUT2D eigenvalue weighted by atomic mass is 16.5. The molecule has 0 spiro atoms. The Morgan fingerprint density at radius 2 is 1.84 bits per heavy atom. The van der Waals surface area contributed by atoms with E-state index in [-0.39, 0.29) is 5.56 Å². The first kappa shape index (κ1) is 11.5. The summed E-state index contributed by atoms with van der Waals surface area (Å²) in [5.41, 5.74) is 1.82. The number of carboxylic acids is 1. The van der Waals surface area contributed by atoms with Gasteiger partial charge in [0, 0.05) is 5.56 Å². The fourth-order valence-corrected chi connectivity index (χ4v) is 2.20. The molecule has 0 aliphatic carbocycles. The quantitative estimate of drug-likeness (QED) is 0.757. The molecular formula is C15H9O4-. The predicted octanol–water partition coefficient (Wildman–Crippen LogP) is 1.31. The molecule has 3 rings (SSSR count). The fraction of sp³-hybridized carbons (Fsp3) is 0.0667. The molecule has 0 saturated heterocycles. The lowest BCUT2D eigenvalue weighted by Crippen LogP contribution is -2.22. The van der Waals surface area contributed by atoms with Crippen molar-refractivity contribution in [3.8, 4) is 0 Å². The first-order valence-corrected chi connectivity index (χ1v) is 5.78. The van der Waals surface area contributed by atoms with E-state index in [2.05, 4.69) is 0 Å². The summed E-state index contributed by atoms with van der Waals surface area (Å²) in [6.07, 6.45) is -0.553. The van der Waals surface area contributed by atoms with Gasteiger partial charge in [-0.15, -0.1) is 0 Å². The summed E-state index contributed by atoms with van der Waals surface area (Å²) in [6.45, 7) is 0. The molecule has 1 atom stereocenters. The Labute approximate surface area is 109 Å². The standard InChI is InChI=1S/C15H10O4/c16-14(17)10-6-7-11-12(8-10)13(19-15(11)18)9-4-2-1-3-5-9/h1-8,13H,(H,16,17)/p-1/t13-/m0/s1. The van der Waals surface area contributed by atoms with Crippen LogP contribution in [0.1, 0.15) is 37.9 Å². The van der Waals surface area contributed by atoms with E-state index in [1.165, 1.54) is 18.2 Å². The molecule has 2 aromatic rings. The Balaban J connectivity index is 2.12. The predicted molar refractivity (Wildman–Crippen MR) is 64.5 cm³/mol. The van der Waals surface area contributed by atoms with Crippen molar-refractivity contribution >= 4 is 11.9 Å². The molecule has 1 aliphatic heterocycles. The normalized spacial score (nSPS) is 16.8. The molecule has 0 saturated carbocycles. The minimum absolute atomic E-state index is 0.0398. The van der Waals surface area contributed by atoms with Crippen molar-refractivity contribution in [2.75, 3.05) is 0 Å². The summed E-state index contributed by atoms with van der Waals surface area (Å²) in [6, 6.07) is 13.4. The third-order valence-corrected chi connectivity index (χ3v) is 3.12. The molecule has 0 amide bonds. The average molecular weight is 253 g/mol. The van der Waals surface area contributed by atoms with Gasteiger partial charge in [-0.1, -0.05) is 36.4 Å². The summed E-state index contributed by atoms with van der Waals surface area (Å²) in [4.78, 5) is 22.6. The number of carbonyl (C=O) groups is 2. The molecule has 0 radical (unpaired) electrons. The van der Waals surface area contributed by atoms with Gasteiger partial charge in [0.1, 0.15) is 0 Å². The van der Waals surface area contributed by atoms with E-state index in [0.29, 0.717) is 11.1 Å². The zero-order valence-electron chi connectivity index (χ0n) is 9.83. The molecule has 0 N–H and O–H groups in total. The number of esters is 1. The van der Waals surface area contributed by atoms with Gasteiger partial charge in [-0.05, 0) is 23.3 Å². The van der Waals surface area contributed by atoms with Crippen molar-refractivity contribution in [2.24, 2.45) is 0 Å². The lowest BCUT2D eigenvalue weighted by Gasteiger charge is -2.12. The van der Waals surface area contributed by atoms with Crippen LogP contribution < -0.4 is 5.11 Å². The summed E-state index contributed by atoms with van der Waals surface area (Å²) in [5.74, 6) is -1.71. The van der Waals surface area contributed by atoms with Gasteiger partial charge in [0.15, 0.2) is 6.10 Å². The van der Waals surface area contributed by atoms with Gasteiger partial charge in [-0.2, -0.15) is 0 Å². The fourth-order valence-electron chi connectivity index (χ4n) is 2.20. The summed E-state index contributed by atoms with van der Waals surface area (Å²) < 4.78 is 5.30. The van der Waals surface area contributed by atoms with Crippen LogP contribution in [0, 0.1) is 0 Å². The molecule has 94 valence electrons. The van der Waals surface area contributed by atoms with E-state index in [0.717, 1.165) is 5.56 Å². The molecule has 0 bridgehead atoms. The van der Waals surface area contributed by atoms with E-state index < -0.39 is 18.0 Å². The lowest BCUT2D eigenvalue weighted by atomic mass is 9.97. The number of carboxylic acid groups (broad SMARTS) is 1. The molecule has 19 heavy (non-hydrogen) atoms. The van der Waals surface area contributed by atoms with Crippen molar-refractivity contribution in [3.05, 3.63) is 70.8 Å². The van der Waals surface area contributed by atoms with E-state index >= 15 is 0 Å². The topological polar surface area (TPSA) is 66.4 Å². The number of hydrogen-bond donors (Lipinski definition) is 0. The monoisotopic (exact) mass is 253 g/mol. The number of rotatable bonds is 2. The number of hydrogen-bond acceptors (Lipinski definition) is 4. The third kappa shape index (κ3) is 1.87. The van der Waals surface area contributed by atoms with Crippen LogP contribution >= 0.6 is 0 Å². The van der Waals surface area contributed by atoms with Crippen LogP contribution in [0.4, 0.5) is 0 Å². The van der Waals surface area contributed by atoms with E-state index in [1.807, 2.05) is 30.3 Å². The maximum absolute atomic E-state index is 11.7. The Morgan fingerprint density at radius 1 is 1.11 bits per heavy atom. The summed E-state index contributed by atoms with van der Waals surface area (Å²) in [5, 5.41) is 10.9. The van der Waals surface area contributed by atoms with E-state index in [4.69, 9.17) is 4.74 Å². The minimum atomic E-state index is -1.27. The van der Waals surface area contributed by atoms with Crippen molar-refractivity contribution in [1.29, 1.82) is 0 Å². The van der Waals surface area contributed by atoms with Crippen molar-refractivity contribution in [2.45, 2.75) is 6.10 Å². The van der Waals surface area contributed by atoms with E-state index in [9.17, 15) is 14.7 Å². The van der Waals surface area contributed by atoms with Crippen LogP contribution in [0.2, 0.25) is 0 Å². The third-order valence-electron chi connectivity index (χ3n) is 3.12. The summed E-state index contributed by atoms with van der Waals surface area (Å²) in [7, 11) is 0. The molecule has 2 aromatic carbocycles. The lowest BCUT2D eigenvalue weighted by molar-refractivity contribution is -0.255. The van der Waals surface area contributed by atoms with Crippen LogP contribution in [0.15, 0.2) is 48.5 Å². The Morgan fingerprint density at radius 3 is 2.53 bits per heavy atom. The number of carbonyl (C=O) groups excluding carboxylic acids is 2. The second-order valence-corrected chi connectivity index (χ2v) is 4.29. The van der Waals surface area contributed by atoms with Crippen molar-refractivity contribution < 1.29 is 19.4 Å². The highest BCUT2D eigenvalue weighted by molar-refractivity contribution is 5.96. The van der Waals surface area contributed by atoms with Crippen LogP contribution in [0.3, 0.4) is 0 Å².